The normalized spacial score (nSPS) is 22.6. The zero-order valence-electron chi connectivity index (χ0n) is 21.5. The third kappa shape index (κ3) is 4.65. The first-order valence-corrected chi connectivity index (χ1v) is 13.0. The third-order valence-electron chi connectivity index (χ3n) is 7.72. The molecule has 8 heteroatoms. The fraction of sp³-hybridized carbons (Fsp3) is 0.483. The maximum Gasteiger partial charge on any atom is 0.411 e. The topological polar surface area (TPSA) is 105 Å². The second kappa shape index (κ2) is 9.39. The minimum atomic E-state index is -1.41. The standard InChI is InChI=1S/C29H34N2O6/c1-28(2,3)37-26(34)30-18-15-29(16-18,25(32)33)31(19-9-8-10-19)27(35)36-17-24-22-13-6-4-11-20(22)21-12-5-7-14-23(21)24/h4-7,11-14,18-19,24H,8-10,15-17H2,1-3H3,(H,30,34)(H,32,33). The lowest BCUT2D eigenvalue weighted by molar-refractivity contribution is -0.163. The largest absolute Gasteiger partial charge is 0.479 e. The van der Waals surface area contributed by atoms with Crippen LogP contribution in [0.25, 0.3) is 11.1 Å². The molecule has 0 saturated heterocycles. The van der Waals surface area contributed by atoms with E-state index in [1.54, 1.807) is 20.8 Å². The molecule has 0 heterocycles. The number of carbonyl (C=O) groups excluding carboxylic acids is 2. The first-order chi connectivity index (χ1) is 17.6. The lowest BCUT2D eigenvalue weighted by Crippen LogP contribution is -2.71. The molecule has 3 aliphatic carbocycles. The Morgan fingerprint density at radius 2 is 1.57 bits per heavy atom. The van der Waals surface area contributed by atoms with Crippen molar-refractivity contribution in [1.82, 2.24) is 10.2 Å². The minimum Gasteiger partial charge on any atom is -0.479 e. The minimum absolute atomic E-state index is 0.108. The molecule has 0 unspecified atom stereocenters. The smallest absolute Gasteiger partial charge is 0.411 e. The van der Waals surface area contributed by atoms with E-state index in [1.165, 1.54) is 4.90 Å². The molecule has 0 bridgehead atoms. The van der Waals surface area contributed by atoms with Crippen molar-refractivity contribution in [2.24, 2.45) is 0 Å². The van der Waals surface area contributed by atoms with Crippen LogP contribution in [0.1, 0.15) is 69.9 Å². The van der Waals surface area contributed by atoms with Crippen molar-refractivity contribution in [1.29, 1.82) is 0 Å². The number of benzene rings is 2. The van der Waals surface area contributed by atoms with Crippen molar-refractivity contribution < 1.29 is 29.0 Å². The summed E-state index contributed by atoms with van der Waals surface area (Å²) >= 11 is 0. The van der Waals surface area contributed by atoms with Crippen molar-refractivity contribution in [2.45, 2.75) is 82.0 Å². The summed E-state index contributed by atoms with van der Waals surface area (Å²) in [5.74, 6) is -1.18. The predicted molar refractivity (Wildman–Crippen MR) is 137 cm³/mol. The highest BCUT2D eigenvalue weighted by molar-refractivity contribution is 5.87. The Bertz CT molecular complexity index is 1160. The fourth-order valence-electron chi connectivity index (χ4n) is 5.79. The van der Waals surface area contributed by atoms with Crippen LogP contribution >= 0.6 is 0 Å². The number of fused-ring (bicyclic) bond motifs is 3. The van der Waals surface area contributed by atoms with E-state index in [9.17, 15) is 19.5 Å². The van der Waals surface area contributed by atoms with Gasteiger partial charge in [0.2, 0.25) is 0 Å². The second-order valence-corrected chi connectivity index (χ2v) is 11.3. The van der Waals surface area contributed by atoms with Crippen LogP contribution in [0.4, 0.5) is 9.59 Å². The molecule has 5 rings (SSSR count). The summed E-state index contributed by atoms with van der Waals surface area (Å²) < 4.78 is 11.2. The van der Waals surface area contributed by atoms with Gasteiger partial charge in [-0.3, -0.25) is 4.90 Å². The quantitative estimate of drug-likeness (QED) is 0.551. The van der Waals surface area contributed by atoms with Gasteiger partial charge in [-0.05, 0) is 62.3 Å². The molecule has 2 amide bonds. The van der Waals surface area contributed by atoms with Gasteiger partial charge in [0.15, 0.2) is 0 Å². The van der Waals surface area contributed by atoms with Crippen molar-refractivity contribution in [3.8, 4) is 11.1 Å². The molecule has 2 fully saturated rings. The van der Waals surface area contributed by atoms with E-state index >= 15 is 0 Å². The van der Waals surface area contributed by atoms with Gasteiger partial charge in [0, 0.05) is 30.8 Å². The monoisotopic (exact) mass is 506 g/mol. The van der Waals surface area contributed by atoms with Gasteiger partial charge in [0.25, 0.3) is 0 Å². The van der Waals surface area contributed by atoms with Crippen LogP contribution in [0.15, 0.2) is 48.5 Å². The number of nitrogens with zero attached hydrogens (tertiary/aromatic N) is 1. The molecule has 196 valence electrons. The first-order valence-electron chi connectivity index (χ1n) is 13.0. The molecule has 0 aliphatic heterocycles. The Balaban J connectivity index is 1.31. The number of ether oxygens (including phenoxy) is 2. The number of nitrogens with one attached hydrogen (secondary N) is 1. The number of amides is 2. The highest BCUT2D eigenvalue weighted by Gasteiger charge is 2.60. The maximum absolute atomic E-state index is 13.5. The van der Waals surface area contributed by atoms with E-state index in [0.717, 1.165) is 41.5 Å². The van der Waals surface area contributed by atoms with Crippen molar-refractivity contribution in [3.05, 3.63) is 59.7 Å². The van der Waals surface area contributed by atoms with Gasteiger partial charge in [-0.15, -0.1) is 0 Å². The number of carboxylic acid groups (broad SMARTS) is 1. The average Bonchev–Trinajstić information content (AvgIpc) is 3.09. The third-order valence-corrected chi connectivity index (χ3v) is 7.72. The van der Waals surface area contributed by atoms with Gasteiger partial charge >= 0.3 is 18.2 Å². The van der Waals surface area contributed by atoms with E-state index < -0.39 is 35.3 Å². The number of hydrogen-bond acceptors (Lipinski definition) is 5. The van der Waals surface area contributed by atoms with E-state index in [-0.39, 0.29) is 31.4 Å². The molecule has 0 radical (unpaired) electrons. The Morgan fingerprint density at radius 3 is 2.05 bits per heavy atom. The van der Waals surface area contributed by atoms with E-state index in [0.29, 0.717) is 0 Å². The Morgan fingerprint density at radius 1 is 1.00 bits per heavy atom. The van der Waals surface area contributed by atoms with E-state index in [1.807, 2.05) is 24.3 Å². The van der Waals surface area contributed by atoms with E-state index in [4.69, 9.17) is 9.47 Å². The van der Waals surface area contributed by atoms with Crippen LogP contribution in [0, 0.1) is 0 Å². The van der Waals surface area contributed by atoms with Crippen molar-refractivity contribution in [2.75, 3.05) is 6.61 Å². The Kier molecular flexibility index (Phi) is 6.38. The number of rotatable bonds is 6. The number of hydrogen-bond donors (Lipinski definition) is 2. The van der Waals surface area contributed by atoms with Crippen LogP contribution in [0.5, 0.6) is 0 Å². The molecule has 8 nitrogen and oxygen atoms in total. The molecule has 2 N–H and O–H groups in total. The van der Waals surface area contributed by atoms with Crippen molar-refractivity contribution in [3.63, 3.8) is 0 Å². The molecule has 3 aliphatic rings. The van der Waals surface area contributed by atoms with Gasteiger partial charge in [-0.2, -0.15) is 0 Å². The summed E-state index contributed by atoms with van der Waals surface area (Å²) in [6.45, 7) is 5.44. The molecule has 37 heavy (non-hydrogen) atoms. The Hall–Kier alpha value is -3.55. The van der Waals surface area contributed by atoms with Gasteiger partial charge < -0.3 is 19.9 Å². The SMILES string of the molecule is CC(C)(C)OC(=O)NC1CC(C(=O)O)(N(C(=O)OCC2c3ccccc3-c3ccccc32)C2CCC2)C1. The molecular formula is C29H34N2O6. The molecule has 0 aromatic heterocycles. The summed E-state index contributed by atoms with van der Waals surface area (Å²) in [5.41, 5.74) is 2.40. The predicted octanol–water partition coefficient (Wildman–Crippen LogP) is 5.30. The van der Waals surface area contributed by atoms with Crippen LogP contribution in [0.2, 0.25) is 0 Å². The highest BCUT2D eigenvalue weighted by Crippen LogP contribution is 2.46. The maximum atomic E-state index is 13.5. The summed E-state index contributed by atoms with van der Waals surface area (Å²) in [6.07, 6.45) is 1.45. The van der Waals surface area contributed by atoms with Crippen molar-refractivity contribution >= 4 is 18.2 Å². The van der Waals surface area contributed by atoms with Gasteiger partial charge in [0.05, 0.1) is 0 Å². The second-order valence-electron chi connectivity index (χ2n) is 11.3. The highest BCUT2D eigenvalue weighted by atomic mass is 16.6. The first kappa shape index (κ1) is 25.1. The van der Waals surface area contributed by atoms with Crippen LogP contribution in [-0.2, 0) is 14.3 Å². The molecule has 2 aromatic rings. The average molecular weight is 507 g/mol. The van der Waals surface area contributed by atoms with Gasteiger partial charge in [0.1, 0.15) is 17.7 Å². The number of carboxylic acids is 1. The molecular weight excluding hydrogens is 472 g/mol. The molecule has 0 atom stereocenters. The lowest BCUT2D eigenvalue weighted by Gasteiger charge is -2.54. The summed E-state index contributed by atoms with van der Waals surface area (Å²) in [7, 11) is 0. The number of alkyl carbamates (subject to hydrolysis) is 1. The lowest BCUT2D eigenvalue weighted by atomic mass is 9.69. The molecule has 0 spiro atoms. The van der Waals surface area contributed by atoms with Crippen LogP contribution < -0.4 is 5.32 Å². The summed E-state index contributed by atoms with van der Waals surface area (Å²) in [5, 5.41) is 13.0. The summed E-state index contributed by atoms with van der Waals surface area (Å²) in [4.78, 5) is 39.8. The molecule has 2 aromatic carbocycles. The fourth-order valence-corrected chi connectivity index (χ4v) is 5.79. The van der Waals surface area contributed by atoms with Gasteiger partial charge in [-0.1, -0.05) is 48.5 Å². The van der Waals surface area contributed by atoms with Crippen LogP contribution in [-0.4, -0.2) is 58.0 Å². The van der Waals surface area contributed by atoms with Gasteiger partial charge in [-0.25, -0.2) is 14.4 Å². The Labute approximate surface area is 216 Å². The number of carbonyl (C=O) groups is 3. The van der Waals surface area contributed by atoms with E-state index in [2.05, 4.69) is 29.6 Å². The zero-order chi connectivity index (χ0) is 26.4. The summed E-state index contributed by atoms with van der Waals surface area (Å²) in [6, 6.07) is 15.6. The zero-order valence-corrected chi connectivity index (χ0v) is 21.5. The van der Waals surface area contributed by atoms with Crippen LogP contribution in [0.3, 0.4) is 0 Å². The number of aliphatic carboxylic acids is 1. The molecule has 2 saturated carbocycles.